The molecule has 0 radical (unpaired) electrons. The quantitative estimate of drug-likeness (QED) is 0.768. The van der Waals surface area contributed by atoms with Crippen molar-refractivity contribution in [2.24, 2.45) is 0 Å². The summed E-state index contributed by atoms with van der Waals surface area (Å²) in [6.07, 6.45) is 1.58. The van der Waals surface area contributed by atoms with Crippen molar-refractivity contribution >= 4 is 17.0 Å². The van der Waals surface area contributed by atoms with E-state index >= 15 is 0 Å². The molecule has 0 unspecified atom stereocenters. The maximum atomic E-state index is 11.2. The van der Waals surface area contributed by atoms with Crippen LogP contribution >= 0.6 is 11.3 Å². The minimum Gasteiger partial charge on any atom is -0.257 e. The van der Waals surface area contributed by atoms with Crippen LogP contribution in [-0.2, 0) is 6.54 Å². The predicted molar refractivity (Wildman–Crippen MR) is 62.1 cm³/mol. The summed E-state index contributed by atoms with van der Waals surface area (Å²) in [5.74, 6) is 0. The third-order valence-electron chi connectivity index (χ3n) is 2.39. The molecule has 84 valence electrons. The summed E-state index contributed by atoms with van der Waals surface area (Å²) < 4.78 is 2.61. The van der Waals surface area contributed by atoms with Crippen LogP contribution in [0.1, 0.15) is 16.4 Å². The van der Waals surface area contributed by atoms with Gasteiger partial charge >= 0.3 is 0 Å². The van der Waals surface area contributed by atoms with Crippen molar-refractivity contribution in [1.29, 1.82) is 0 Å². The number of hydrogen-bond donors (Lipinski definition) is 0. The van der Waals surface area contributed by atoms with Crippen molar-refractivity contribution in [3.05, 3.63) is 32.9 Å². The second-order valence-corrected chi connectivity index (χ2v) is 4.69. The number of rotatable bonds is 3. The van der Waals surface area contributed by atoms with E-state index in [-0.39, 0.29) is 0 Å². The van der Waals surface area contributed by atoms with Gasteiger partial charge in [0.05, 0.1) is 17.2 Å². The van der Waals surface area contributed by atoms with Crippen LogP contribution < -0.4 is 0 Å². The molecule has 16 heavy (non-hydrogen) atoms. The van der Waals surface area contributed by atoms with Gasteiger partial charge in [-0.25, -0.2) is 4.98 Å². The van der Waals surface area contributed by atoms with Gasteiger partial charge in [-0.3, -0.25) is 4.68 Å². The summed E-state index contributed by atoms with van der Waals surface area (Å²) in [7, 11) is 1.47. The Hall–Kier alpha value is -1.56. The van der Waals surface area contributed by atoms with Crippen LogP contribution in [0.5, 0.6) is 0 Å². The number of thiazole rings is 1. The smallest absolute Gasteiger partial charge is 0.257 e. The van der Waals surface area contributed by atoms with Crippen molar-refractivity contribution in [2.75, 3.05) is 7.05 Å². The summed E-state index contributed by atoms with van der Waals surface area (Å²) in [6, 6.07) is 0. The van der Waals surface area contributed by atoms with Gasteiger partial charge in [0.2, 0.25) is 0 Å². The lowest BCUT2D eigenvalue weighted by atomic mass is 10.4. The minimum atomic E-state index is 0.604. The first-order chi connectivity index (χ1) is 7.58. The SMILES string of the molecule is Cc1nc(Cn2ncc([N+](C)=O)c2C)cs1. The van der Waals surface area contributed by atoms with E-state index in [2.05, 4.69) is 10.1 Å². The summed E-state index contributed by atoms with van der Waals surface area (Å²) in [5, 5.41) is 7.23. The van der Waals surface area contributed by atoms with E-state index in [0.717, 1.165) is 21.2 Å². The van der Waals surface area contributed by atoms with Crippen molar-refractivity contribution in [1.82, 2.24) is 14.8 Å². The predicted octanol–water partition coefficient (Wildman–Crippen LogP) is 2.04. The minimum absolute atomic E-state index is 0.604. The number of aromatic nitrogens is 3. The maximum Gasteiger partial charge on any atom is 0.296 e. The molecule has 2 aromatic heterocycles. The highest BCUT2D eigenvalue weighted by molar-refractivity contribution is 7.09. The first-order valence-electron chi connectivity index (χ1n) is 4.92. The zero-order valence-electron chi connectivity index (χ0n) is 9.47. The van der Waals surface area contributed by atoms with E-state index in [0.29, 0.717) is 12.2 Å². The molecule has 0 aliphatic carbocycles. The zero-order chi connectivity index (χ0) is 11.7. The Morgan fingerprint density at radius 3 is 2.75 bits per heavy atom. The second kappa shape index (κ2) is 4.13. The summed E-state index contributed by atoms with van der Waals surface area (Å²) in [4.78, 5) is 15.6. The first-order valence-corrected chi connectivity index (χ1v) is 5.80. The molecule has 0 aliphatic rings. The van der Waals surface area contributed by atoms with Gasteiger partial charge in [0.15, 0.2) is 7.05 Å². The summed E-state index contributed by atoms with van der Waals surface area (Å²) >= 11 is 1.62. The summed E-state index contributed by atoms with van der Waals surface area (Å²) in [5.41, 5.74) is 2.45. The molecule has 0 spiro atoms. The van der Waals surface area contributed by atoms with Crippen molar-refractivity contribution in [2.45, 2.75) is 20.4 Å². The molecule has 2 heterocycles. The van der Waals surface area contributed by atoms with Gasteiger partial charge < -0.3 is 0 Å². The summed E-state index contributed by atoms with van der Waals surface area (Å²) in [6.45, 7) is 4.47. The number of aryl methyl sites for hydroxylation is 1. The number of hydrogen-bond acceptors (Lipinski definition) is 4. The normalized spacial score (nSPS) is 10.7. The van der Waals surface area contributed by atoms with E-state index in [1.165, 1.54) is 7.05 Å². The van der Waals surface area contributed by atoms with Crippen LogP contribution in [0.4, 0.5) is 5.69 Å². The van der Waals surface area contributed by atoms with Gasteiger partial charge in [-0.2, -0.15) is 5.10 Å². The molecule has 0 fully saturated rings. The Morgan fingerprint density at radius 1 is 1.50 bits per heavy atom. The largest absolute Gasteiger partial charge is 0.296 e. The number of nitrogens with zero attached hydrogens (tertiary/aromatic N) is 4. The third-order valence-corrected chi connectivity index (χ3v) is 3.22. The van der Waals surface area contributed by atoms with Gasteiger partial charge in [0.1, 0.15) is 11.9 Å². The van der Waals surface area contributed by atoms with Crippen LogP contribution in [-0.4, -0.2) is 26.6 Å². The lowest BCUT2D eigenvalue weighted by Gasteiger charge is -1.99. The topological polar surface area (TPSA) is 50.8 Å². The standard InChI is InChI=1S/C10H13N4OS/c1-7-10(13(3)15)4-11-14(7)5-9-6-16-8(2)12-9/h4,6H,5H2,1-3H3/q+1. The van der Waals surface area contributed by atoms with Gasteiger partial charge in [0.25, 0.3) is 5.69 Å². The Kier molecular flexibility index (Phi) is 2.82. The molecular formula is C10H13N4OS+. The van der Waals surface area contributed by atoms with Crippen LogP contribution in [0.15, 0.2) is 11.6 Å². The molecule has 0 bridgehead atoms. The van der Waals surface area contributed by atoms with Gasteiger partial charge in [0, 0.05) is 15.0 Å². The fourth-order valence-electron chi connectivity index (χ4n) is 1.54. The molecule has 0 saturated heterocycles. The highest BCUT2D eigenvalue weighted by Crippen LogP contribution is 2.17. The van der Waals surface area contributed by atoms with E-state index in [1.807, 2.05) is 19.2 Å². The highest BCUT2D eigenvalue weighted by atomic mass is 32.1. The van der Waals surface area contributed by atoms with Gasteiger partial charge in [-0.05, 0) is 13.8 Å². The van der Waals surface area contributed by atoms with Crippen LogP contribution in [0.25, 0.3) is 0 Å². The van der Waals surface area contributed by atoms with Gasteiger partial charge in [-0.1, -0.05) is 0 Å². The molecule has 0 saturated carbocycles. The van der Waals surface area contributed by atoms with Crippen molar-refractivity contribution < 1.29 is 4.76 Å². The molecule has 6 heteroatoms. The lowest BCUT2D eigenvalue weighted by molar-refractivity contribution is -0.428. The Balaban J connectivity index is 2.25. The number of nitroso groups, excluding NO2 is 1. The lowest BCUT2D eigenvalue weighted by Crippen LogP contribution is -2.04. The second-order valence-electron chi connectivity index (χ2n) is 3.63. The van der Waals surface area contributed by atoms with E-state index < -0.39 is 0 Å². The Labute approximate surface area is 97.3 Å². The Bertz CT molecular complexity index is 529. The molecular weight excluding hydrogens is 224 g/mol. The highest BCUT2D eigenvalue weighted by Gasteiger charge is 2.17. The fourth-order valence-corrected chi connectivity index (χ4v) is 2.14. The van der Waals surface area contributed by atoms with Crippen LogP contribution in [0.3, 0.4) is 0 Å². The van der Waals surface area contributed by atoms with Crippen LogP contribution in [0.2, 0.25) is 0 Å². The third kappa shape index (κ3) is 2.01. The molecule has 0 aliphatic heterocycles. The van der Waals surface area contributed by atoms with E-state index in [9.17, 15) is 4.91 Å². The molecule has 0 atom stereocenters. The Morgan fingerprint density at radius 2 is 2.25 bits per heavy atom. The molecule has 0 N–H and O–H groups in total. The zero-order valence-corrected chi connectivity index (χ0v) is 10.3. The molecule has 0 aromatic carbocycles. The average molecular weight is 237 g/mol. The molecule has 0 amide bonds. The van der Waals surface area contributed by atoms with Crippen molar-refractivity contribution in [3.8, 4) is 0 Å². The average Bonchev–Trinajstić information content (AvgIpc) is 2.76. The molecule has 2 aromatic rings. The molecule has 5 nitrogen and oxygen atoms in total. The maximum absolute atomic E-state index is 11.2. The molecule has 2 rings (SSSR count). The first kappa shape index (κ1) is 10.9. The van der Waals surface area contributed by atoms with Crippen LogP contribution in [0, 0.1) is 18.8 Å². The van der Waals surface area contributed by atoms with E-state index in [4.69, 9.17) is 0 Å². The van der Waals surface area contributed by atoms with Crippen molar-refractivity contribution in [3.63, 3.8) is 0 Å². The fraction of sp³-hybridized carbons (Fsp3) is 0.400. The van der Waals surface area contributed by atoms with E-state index in [1.54, 1.807) is 22.2 Å². The monoisotopic (exact) mass is 237 g/mol. The van der Waals surface area contributed by atoms with Gasteiger partial charge in [-0.15, -0.1) is 11.3 Å².